The van der Waals surface area contributed by atoms with Crippen LogP contribution in [0, 0.1) is 6.92 Å². The van der Waals surface area contributed by atoms with Crippen LogP contribution in [0.3, 0.4) is 0 Å². The molecule has 0 bridgehead atoms. The van der Waals surface area contributed by atoms with Crippen molar-refractivity contribution in [3.05, 3.63) is 136 Å². The lowest BCUT2D eigenvalue weighted by molar-refractivity contribution is 0.0419. The quantitative estimate of drug-likeness (QED) is 0.225. The molecule has 192 valence electrons. The van der Waals surface area contributed by atoms with Crippen molar-refractivity contribution in [3.63, 3.8) is 0 Å². The summed E-state index contributed by atoms with van der Waals surface area (Å²) in [5, 5.41) is 11.0. The van der Waals surface area contributed by atoms with E-state index in [4.69, 9.17) is 14.2 Å². The molecule has 4 rings (SSSR count). The Balaban J connectivity index is 1.63. The number of aromatic hydroxyl groups is 1. The fraction of sp³-hybridized carbons (Fsp3) is 0.129. The Kier molecular flexibility index (Phi) is 8.51. The van der Waals surface area contributed by atoms with E-state index in [-0.39, 0.29) is 42.1 Å². The smallest absolute Gasteiger partial charge is 0.343 e. The highest BCUT2D eigenvalue weighted by Crippen LogP contribution is 2.31. The number of phenolic OH excluding ortho intramolecular Hbond substituents is 1. The van der Waals surface area contributed by atoms with E-state index in [0.717, 1.165) is 16.7 Å². The Hall–Kier alpha value is -4.91. The molecule has 0 saturated heterocycles. The molecule has 1 N–H and O–H groups in total. The first-order chi connectivity index (χ1) is 18.4. The number of hydrogen-bond acceptors (Lipinski definition) is 7. The first kappa shape index (κ1) is 26.2. The van der Waals surface area contributed by atoms with E-state index in [9.17, 15) is 19.5 Å². The Labute approximate surface area is 220 Å². The highest BCUT2D eigenvalue weighted by atomic mass is 16.5. The zero-order valence-electron chi connectivity index (χ0n) is 20.8. The van der Waals surface area contributed by atoms with Gasteiger partial charge in [0.2, 0.25) is 0 Å². The average Bonchev–Trinajstić information content (AvgIpc) is 2.96. The van der Waals surface area contributed by atoms with Crippen LogP contribution in [0.2, 0.25) is 0 Å². The Morgan fingerprint density at radius 1 is 0.579 bits per heavy atom. The minimum absolute atomic E-state index is 0.00543. The van der Waals surface area contributed by atoms with Gasteiger partial charge in [-0.2, -0.15) is 0 Å². The third-order valence-corrected chi connectivity index (χ3v) is 5.84. The molecule has 0 aliphatic carbocycles. The number of ether oxygens (including phenoxy) is 3. The third-order valence-electron chi connectivity index (χ3n) is 5.84. The number of carbonyl (C=O) groups excluding carboxylic acids is 3. The van der Waals surface area contributed by atoms with E-state index in [1.54, 1.807) is 60.7 Å². The first-order valence-corrected chi connectivity index (χ1v) is 11.9. The summed E-state index contributed by atoms with van der Waals surface area (Å²) in [7, 11) is 0. The van der Waals surface area contributed by atoms with E-state index in [0.29, 0.717) is 0 Å². The summed E-state index contributed by atoms with van der Waals surface area (Å²) in [6.45, 7) is 1.31. The van der Waals surface area contributed by atoms with Crippen molar-refractivity contribution >= 4 is 17.9 Å². The van der Waals surface area contributed by atoms with Crippen molar-refractivity contribution in [1.82, 2.24) is 0 Å². The number of phenols is 1. The molecule has 0 aromatic heterocycles. The van der Waals surface area contributed by atoms with Crippen LogP contribution in [0.4, 0.5) is 0 Å². The summed E-state index contributed by atoms with van der Waals surface area (Å²) in [4.78, 5) is 39.2. The molecule has 4 aromatic carbocycles. The summed E-state index contributed by atoms with van der Waals surface area (Å²) in [5.74, 6) is -3.13. The molecular formula is C31H26O7. The molecule has 0 amide bonds. The molecule has 0 heterocycles. The Morgan fingerprint density at radius 3 is 1.37 bits per heavy atom. The SMILES string of the molecule is Cc1c(C(=O)OCc2ccccc2)cc(C(=O)OCc2ccccc2)c(C(=O)OCc2ccccc2)c1O. The summed E-state index contributed by atoms with van der Waals surface area (Å²) < 4.78 is 16.2. The predicted molar refractivity (Wildman–Crippen MR) is 140 cm³/mol. The molecule has 0 aliphatic rings. The lowest BCUT2D eigenvalue weighted by atomic mass is 9.97. The molecule has 0 saturated carbocycles. The fourth-order valence-electron chi connectivity index (χ4n) is 3.74. The molecule has 38 heavy (non-hydrogen) atoms. The molecule has 0 unspecified atom stereocenters. The second-order valence-electron chi connectivity index (χ2n) is 8.51. The van der Waals surface area contributed by atoms with Crippen molar-refractivity contribution < 1.29 is 33.7 Å². The van der Waals surface area contributed by atoms with Gasteiger partial charge in [0, 0.05) is 5.56 Å². The first-order valence-electron chi connectivity index (χ1n) is 11.9. The standard InChI is InChI=1S/C31H26O7/c1-21-25(29(33)36-18-22-11-5-2-6-12-22)17-26(30(34)37-19-23-13-7-3-8-14-23)27(28(21)32)31(35)38-20-24-15-9-4-10-16-24/h2-17,32H,18-20H2,1H3. The molecular weight excluding hydrogens is 484 g/mol. The fourth-order valence-corrected chi connectivity index (χ4v) is 3.74. The monoisotopic (exact) mass is 510 g/mol. The largest absolute Gasteiger partial charge is 0.507 e. The normalized spacial score (nSPS) is 10.4. The number of hydrogen-bond donors (Lipinski definition) is 1. The topological polar surface area (TPSA) is 99.1 Å². The zero-order chi connectivity index (χ0) is 26.9. The summed E-state index contributed by atoms with van der Waals surface area (Å²) in [6, 6.07) is 28.3. The predicted octanol–water partition coefficient (Wildman–Crippen LogP) is 5.77. The van der Waals surface area contributed by atoms with Gasteiger partial charge in [-0.3, -0.25) is 0 Å². The van der Waals surface area contributed by atoms with Gasteiger partial charge in [-0.05, 0) is 29.7 Å². The van der Waals surface area contributed by atoms with E-state index in [1.165, 1.54) is 13.0 Å². The van der Waals surface area contributed by atoms with Crippen LogP contribution < -0.4 is 0 Å². The highest BCUT2D eigenvalue weighted by molar-refractivity contribution is 6.08. The summed E-state index contributed by atoms with van der Waals surface area (Å²) >= 11 is 0. The minimum atomic E-state index is -0.926. The minimum Gasteiger partial charge on any atom is -0.507 e. The van der Waals surface area contributed by atoms with Crippen LogP contribution in [-0.4, -0.2) is 23.0 Å². The van der Waals surface area contributed by atoms with E-state index < -0.39 is 23.7 Å². The van der Waals surface area contributed by atoms with Gasteiger partial charge in [-0.1, -0.05) is 91.0 Å². The molecule has 0 aliphatic heterocycles. The van der Waals surface area contributed by atoms with Crippen molar-refractivity contribution in [2.75, 3.05) is 0 Å². The number of benzene rings is 4. The molecule has 7 nitrogen and oxygen atoms in total. The van der Waals surface area contributed by atoms with Crippen LogP contribution in [0.1, 0.15) is 53.3 Å². The number of carbonyl (C=O) groups is 3. The van der Waals surface area contributed by atoms with Gasteiger partial charge in [0.25, 0.3) is 0 Å². The van der Waals surface area contributed by atoms with Crippen molar-refractivity contribution in [2.24, 2.45) is 0 Å². The number of esters is 3. The van der Waals surface area contributed by atoms with Gasteiger partial charge in [0.15, 0.2) is 0 Å². The Morgan fingerprint density at radius 2 is 0.947 bits per heavy atom. The summed E-state index contributed by atoms with van der Waals surface area (Å²) in [6.07, 6.45) is 0. The van der Waals surface area contributed by atoms with Crippen LogP contribution in [0.5, 0.6) is 5.75 Å². The second kappa shape index (κ2) is 12.4. The highest BCUT2D eigenvalue weighted by Gasteiger charge is 2.29. The van der Waals surface area contributed by atoms with Crippen LogP contribution in [-0.2, 0) is 34.0 Å². The van der Waals surface area contributed by atoms with Gasteiger partial charge >= 0.3 is 17.9 Å². The molecule has 7 heteroatoms. The molecule has 0 spiro atoms. The maximum Gasteiger partial charge on any atom is 0.343 e. The number of rotatable bonds is 9. The average molecular weight is 511 g/mol. The van der Waals surface area contributed by atoms with E-state index in [1.807, 2.05) is 30.3 Å². The van der Waals surface area contributed by atoms with Gasteiger partial charge in [-0.25, -0.2) is 14.4 Å². The third kappa shape index (κ3) is 6.44. The van der Waals surface area contributed by atoms with Crippen LogP contribution in [0.15, 0.2) is 97.1 Å². The van der Waals surface area contributed by atoms with Gasteiger partial charge in [0.1, 0.15) is 31.1 Å². The molecule has 0 fully saturated rings. The van der Waals surface area contributed by atoms with E-state index >= 15 is 0 Å². The summed E-state index contributed by atoms with van der Waals surface area (Å²) in [5.41, 5.74) is 1.56. The maximum absolute atomic E-state index is 13.1. The van der Waals surface area contributed by atoms with E-state index in [2.05, 4.69) is 0 Å². The lowest BCUT2D eigenvalue weighted by Crippen LogP contribution is -2.18. The second-order valence-corrected chi connectivity index (χ2v) is 8.51. The maximum atomic E-state index is 13.1. The molecule has 0 atom stereocenters. The zero-order valence-corrected chi connectivity index (χ0v) is 20.8. The molecule has 0 radical (unpaired) electrons. The van der Waals surface area contributed by atoms with Crippen LogP contribution >= 0.6 is 0 Å². The van der Waals surface area contributed by atoms with Gasteiger partial charge in [-0.15, -0.1) is 0 Å². The van der Waals surface area contributed by atoms with Crippen molar-refractivity contribution in [3.8, 4) is 5.75 Å². The Bertz CT molecular complexity index is 1420. The van der Waals surface area contributed by atoms with Gasteiger partial charge < -0.3 is 19.3 Å². The molecule has 4 aromatic rings. The van der Waals surface area contributed by atoms with Crippen molar-refractivity contribution in [2.45, 2.75) is 26.7 Å². The van der Waals surface area contributed by atoms with Gasteiger partial charge in [0.05, 0.1) is 11.1 Å². The van der Waals surface area contributed by atoms with Crippen molar-refractivity contribution in [1.29, 1.82) is 0 Å². The lowest BCUT2D eigenvalue weighted by Gasteiger charge is -2.16. The van der Waals surface area contributed by atoms with Crippen LogP contribution in [0.25, 0.3) is 0 Å².